The van der Waals surface area contributed by atoms with Crippen LogP contribution in [-0.4, -0.2) is 29.5 Å². The van der Waals surface area contributed by atoms with Gasteiger partial charge in [0.15, 0.2) is 6.61 Å². The van der Waals surface area contributed by atoms with Gasteiger partial charge in [-0.25, -0.2) is 9.78 Å². The van der Waals surface area contributed by atoms with Gasteiger partial charge in [-0.2, -0.15) is 0 Å². The molecule has 1 N–H and O–H groups in total. The van der Waals surface area contributed by atoms with Gasteiger partial charge in [0.25, 0.3) is 5.91 Å². The number of esters is 1. The van der Waals surface area contributed by atoms with Crippen LogP contribution in [0.4, 0.5) is 0 Å². The predicted molar refractivity (Wildman–Crippen MR) is 110 cm³/mol. The van der Waals surface area contributed by atoms with E-state index < -0.39 is 5.97 Å². The third-order valence-corrected chi connectivity index (χ3v) is 4.74. The smallest absolute Gasteiger partial charge is 0.339 e. The molecule has 0 bridgehead atoms. The molecule has 3 rings (SSSR count). The van der Waals surface area contributed by atoms with E-state index in [0.29, 0.717) is 16.5 Å². The molecule has 3 aromatic rings. The van der Waals surface area contributed by atoms with Crippen molar-refractivity contribution in [2.45, 2.75) is 33.2 Å². The Morgan fingerprint density at radius 1 is 1.07 bits per heavy atom. The molecule has 0 aliphatic heterocycles. The zero-order valence-corrected chi connectivity index (χ0v) is 16.4. The molecule has 144 valence electrons. The molecular weight excluding hydrogens is 352 g/mol. The maximum absolute atomic E-state index is 12.9. The minimum Gasteiger partial charge on any atom is -0.452 e. The van der Waals surface area contributed by atoms with Gasteiger partial charge in [0, 0.05) is 17.0 Å². The Morgan fingerprint density at radius 3 is 2.46 bits per heavy atom. The van der Waals surface area contributed by atoms with Crippen molar-refractivity contribution in [1.82, 2.24) is 10.3 Å². The van der Waals surface area contributed by atoms with Crippen LogP contribution in [0.25, 0.3) is 22.2 Å². The number of fused-ring (bicyclic) bond motifs is 1. The lowest BCUT2D eigenvalue weighted by Crippen LogP contribution is -2.35. The number of hydrogen-bond acceptors (Lipinski definition) is 4. The second-order valence-corrected chi connectivity index (χ2v) is 6.80. The number of nitrogens with zero attached hydrogens (tertiary/aromatic N) is 1. The van der Waals surface area contributed by atoms with E-state index >= 15 is 0 Å². The summed E-state index contributed by atoms with van der Waals surface area (Å²) in [5, 5.41) is 3.51. The van der Waals surface area contributed by atoms with Crippen molar-refractivity contribution in [3.05, 3.63) is 65.7 Å². The topological polar surface area (TPSA) is 68.3 Å². The quantitative estimate of drug-likeness (QED) is 0.652. The number of para-hydroxylation sites is 1. The fraction of sp³-hybridized carbons (Fsp3) is 0.261. The number of pyridine rings is 1. The fourth-order valence-electron chi connectivity index (χ4n) is 3.07. The molecule has 0 aliphatic carbocycles. The molecular formula is C23H24N2O3. The monoisotopic (exact) mass is 376 g/mol. The Hall–Kier alpha value is -3.21. The first-order chi connectivity index (χ1) is 13.5. The Balaban J connectivity index is 1.96. The number of amides is 1. The van der Waals surface area contributed by atoms with Gasteiger partial charge in [0.1, 0.15) is 0 Å². The van der Waals surface area contributed by atoms with Gasteiger partial charge in [-0.05, 0) is 31.9 Å². The highest BCUT2D eigenvalue weighted by Gasteiger charge is 2.21. The minimum atomic E-state index is -0.521. The molecule has 0 spiro atoms. The summed E-state index contributed by atoms with van der Waals surface area (Å²) in [5.74, 6) is -0.824. The normalized spacial score (nSPS) is 11.8. The molecule has 0 aliphatic rings. The first kappa shape index (κ1) is 19.5. The lowest BCUT2D eigenvalue weighted by Gasteiger charge is -2.15. The Bertz CT molecular complexity index is 999. The van der Waals surface area contributed by atoms with Gasteiger partial charge in [-0.1, -0.05) is 55.5 Å². The fourth-order valence-corrected chi connectivity index (χ4v) is 3.07. The summed E-state index contributed by atoms with van der Waals surface area (Å²) in [5.41, 5.74) is 3.55. The Kier molecular flexibility index (Phi) is 6.04. The van der Waals surface area contributed by atoms with Crippen LogP contribution in [0.5, 0.6) is 0 Å². The standard InChI is InChI=1S/C23H24N2O3/c1-4-15(2)24-20(26)14-28-23(27)21-16(3)22(17-10-6-5-7-11-17)25-19-13-9-8-12-18(19)21/h5-13,15H,4,14H2,1-3H3,(H,24,26)/t15-/m1/s1. The maximum atomic E-state index is 12.9. The van der Waals surface area contributed by atoms with Crippen LogP contribution in [-0.2, 0) is 9.53 Å². The van der Waals surface area contributed by atoms with Gasteiger partial charge in [-0.3, -0.25) is 4.79 Å². The molecule has 1 aromatic heterocycles. The van der Waals surface area contributed by atoms with Crippen LogP contribution in [0.15, 0.2) is 54.6 Å². The summed E-state index contributed by atoms with van der Waals surface area (Å²) in [7, 11) is 0. The number of carbonyl (C=O) groups excluding carboxylic acids is 2. The third-order valence-electron chi connectivity index (χ3n) is 4.74. The average Bonchev–Trinajstić information content (AvgIpc) is 2.72. The summed E-state index contributed by atoms with van der Waals surface area (Å²) in [6.07, 6.45) is 0.814. The minimum absolute atomic E-state index is 0.0411. The molecule has 1 heterocycles. The Morgan fingerprint density at radius 2 is 1.75 bits per heavy atom. The lowest BCUT2D eigenvalue weighted by molar-refractivity contribution is -0.124. The van der Waals surface area contributed by atoms with Crippen LogP contribution < -0.4 is 5.32 Å². The first-order valence-electron chi connectivity index (χ1n) is 9.42. The molecule has 2 aromatic carbocycles. The van der Waals surface area contributed by atoms with Gasteiger partial charge >= 0.3 is 5.97 Å². The molecule has 0 saturated heterocycles. The van der Waals surface area contributed by atoms with Crippen molar-refractivity contribution in [2.24, 2.45) is 0 Å². The molecule has 1 amide bonds. The summed E-state index contributed by atoms with van der Waals surface area (Å²) in [6.45, 7) is 5.44. The summed E-state index contributed by atoms with van der Waals surface area (Å²) < 4.78 is 5.34. The van der Waals surface area contributed by atoms with E-state index in [4.69, 9.17) is 9.72 Å². The van der Waals surface area contributed by atoms with E-state index in [2.05, 4.69) is 5.32 Å². The highest BCUT2D eigenvalue weighted by atomic mass is 16.5. The van der Waals surface area contributed by atoms with E-state index in [1.54, 1.807) is 0 Å². The summed E-state index contributed by atoms with van der Waals surface area (Å²) in [6, 6.07) is 17.2. The number of hydrogen-bond donors (Lipinski definition) is 1. The molecule has 0 fully saturated rings. The molecule has 5 nitrogen and oxygen atoms in total. The SMILES string of the molecule is CC[C@@H](C)NC(=O)COC(=O)c1c(C)c(-c2ccccc2)nc2ccccc12. The van der Waals surface area contributed by atoms with Crippen LogP contribution >= 0.6 is 0 Å². The van der Waals surface area contributed by atoms with E-state index in [9.17, 15) is 9.59 Å². The molecule has 1 atom stereocenters. The second kappa shape index (κ2) is 8.65. The number of ether oxygens (including phenoxy) is 1. The number of benzene rings is 2. The average molecular weight is 376 g/mol. The largest absolute Gasteiger partial charge is 0.452 e. The molecule has 0 saturated carbocycles. The van der Waals surface area contributed by atoms with Gasteiger partial charge in [0.05, 0.1) is 16.8 Å². The molecule has 5 heteroatoms. The van der Waals surface area contributed by atoms with Crippen molar-refractivity contribution < 1.29 is 14.3 Å². The Labute approximate surface area is 164 Å². The van der Waals surface area contributed by atoms with Gasteiger partial charge < -0.3 is 10.1 Å². The molecule has 28 heavy (non-hydrogen) atoms. The lowest BCUT2D eigenvalue weighted by atomic mass is 9.98. The first-order valence-corrected chi connectivity index (χ1v) is 9.42. The summed E-state index contributed by atoms with van der Waals surface area (Å²) in [4.78, 5) is 29.6. The van der Waals surface area contributed by atoms with E-state index in [0.717, 1.165) is 23.2 Å². The highest BCUT2D eigenvalue weighted by Crippen LogP contribution is 2.30. The molecule has 0 radical (unpaired) electrons. The summed E-state index contributed by atoms with van der Waals surface area (Å²) >= 11 is 0. The van der Waals surface area contributed by atoms with E-state index in [-0.39, 0.29) is 18.6 Å². The van der Waals surface area contributed by atoms with Crippen LogP contribution in [0.1, 0.15) is 36.2 Å². The maximum Gasteiger partial charge on any atom is 0.339 e. The van der Waals surface area contributed by atoms with Gasteiger partial charge in [0.2, 0.25) is 0 Å². The van der Waals surface area contributed by atoms with Crippen molar-refractivity contribution in [2.75, 3.05) is 6.61 Å². The molecule has 0 unspecified atom stereocenters. The number of nitrogens with one attached hydrogen (secondary N) is 1. The van der Waals surface area contributed by atoms with Gasteiger partial charge in [-0.15, -0.1) is 0 Å². The zero-order chi connectivity index (χ0) is 20.1. The number of rotatable bonds is 6. The van der Waals surface area contributed by atoms with Crippen LogP contribution in [0.2, 0.25) is 0 Å². The van der Waals surface area contributed by atoms with Crippen molar-refractivity contribution in [3.63, 3.8) is 0 Å². The number of carbonyl (C=O) groups is 2. The zero-order valence-electron chi connectivity index (χ0n) is 16.4. The van der Waals surface area contributed by atoms with E-state index in [1.807, 2.05) is 75.4 Å². The second-order valence-electron chi connectivity index (χ2n) is 6.80. The van der Waals surface area contributed by atoms with Crippen molar-refractivity contribution >= 4 is 22.8 Å². The van der Waals surface area contributed by atoms with Crippen LogP contribution in [0, 0.1) is 6.92 Å². The van der Waals surface area contributed by atoms with Crippen molar-refractivity contribution in [3.8, 4) is 11.3 Å². The highest BCUT2D eigenvalue weighted by molar-refractivity contribution is 6.06. The predicted octanol–water partition coefficient (Wildman–Crippen LogP) is 4.28. The van der Waals surface area contributed by atoms with E-state index in [1.165, 1.54) is 0 Å². The van der Waals surface area contributed by atoms with Crippen LogP contribution in [0.3, 0.4) is 0 Å². The third kappa shape index (κ3) is 4.19. The van der Waals surface area contributed by atoms with Crippen molar-refractivity contribution in [1.29, 1.82) is 0 Å². The number of aromatic nitrogens is 1.